The molecule has 2 rings (SSSR count). The third kappa shape index (κ3) is 5.19. The lowest BCUT2D eigenvalue weighted by atomic mass is 10.2. The number of nitrogens with one attached hydrogen (secondary N) is 1. The lowest BCUT2D eigenvalue weighted by Gasteiger charge is -2.35. The summed E-state index contributed by atoms with van der Waals surface area (Å²) in [4.78, 5) is 16.1. The summed E-state index contributed by atoms with van der Waals surface area (Å²) in [6, 6.07) is 7.41. The molecule has 0 aliphatic carbocycles. The molecule has 1 aliphatic heterocycles. The fourth-order valence-corrected chi connectivity index (χ4v) is 2.52. The number of amides is 2. The first-order chi connectivity index (χ1) is 10.0. The van der Waals surface area contributed by atoms with Gasteiger partial charge in [-0.05, 0) is 24.6 Å². The van der Waals surface area contributed by atoms with Gasteiger partial charge in [-0.15, -0.1) is 0 Å². The number of piperazine rings is 1. The van der Waals surface area contributed by atoms with Crippen molar-refractivity contribution in [2.45, 2.75) is 19.6 Å². The number of rotatable bonds is 4. The van der Waals surface area contributed by atoms with Gasteiger partial charge in [0, 0.05) is 44.3 Å². The van der Waals surface area contributed by atoms with Crippen molar-refractivity contribution in [2.75, 3.05) is 32.7 Å². The Labute approximate surface area is 130 Å². The fraction of sp³-hybridized carbons (Fsp3) is 0.533. The summed E-state index contributed by atoms with van der Waals surface area (Å²) >= 11 is 5.83. The van der Waals surface area contributed by atoms with Crippen molar-refractivity contribution in [2.24, 2.45) is 0 Å². The highest BCUT2D eigenvalue weighted by Crippen LogP contribution is 2.09. The predicted octanol–water partition coefficient (Wildman–Crippen LogP) is 1.55. The molecule has 0 aromatic heterocycles. The number of aliphatic hydroxyl groups is 1. The van der Waals surface area contributed by atoms with Crippen LogP contribution >= 0.6 is 11.6 Å². The molecule has 1 fully saturated rings. The topological polar surface area (TPSA) is 55.8 Å². The van der Waals surface area contributed by atoms with Crippen LogP contribution in [0, 0.1) is 0 Å². The Morgan fingerprint density at radius 1 is 1.29 bits per heavy atom. The molecule has 0 saturated carbocycles. The first-order valence-electron chi connectivity index (χ1n) is 7.22. The third-order valence-electron chi connectivity index (χ3n) is 3.54. The highest BCUT2D eigenvalue weighted by molar-refractivity contribution is 6.30. The van der Waals surface area contributed by atoms with Gasteiger partial charge in [-0.3, -0.25) is 4.90 Å². The zero-order valence-electron chi connectivity index (χ0n) is 12.3. The van der Waals surface area contributed by atoms with Crippen LogP contribution in [0.5, 0.6) is 0 Å². The highest BCUT2D eigenvalue weighted by atomic mass is 35.5. The molecule has 1 heterocycles. The number of hydrogen-bond donors (Lipinski definition) is 2. The zero-order chi connectivity index (χ0) is 15.2. The van der Waals surface area contributed by atoms with E-state index in [-0.39, 0.29) is 12.1 Å². The molecule has 21 heavy (non-hydrogen) atoms. The summed E-state index contributed by atoms with van der Waals surface area (Å²) in [6.45, 7) is 5.95. The van der Waals surface area contributed by atoms with Gasteiger partial charge in [0.05, 0.1) is 6.10 Å². The second-order valence-electron chi connectivity index (χ2n) is 5.42. The van der Waals surface area contributed by atoms with Crippen molar-refractivity contribution in [3.8, 4) is 0 Å². The van der Waals surface area contributed by atoms with E-state index >= 15 is 0 Å². The van der Waals surface area contributed by atoms with Crippen molar-refractivity contribution in [3.63, 3.8) is 0 Å². The predicted molar refractivity (Wildman–Crippen MR) is 83.4 cm³/mol. The van der Waals surface area contributed by atoms with Crippen LogP contribution in [0.25, 0.3) is 0 Å². The molecule has 1 unspecified atom stereocenters. The minimum absolute atomic E-state index is 0.0401. The van der Waals surface area contributed by atoms with Crippen molar-refractivity contribution >= 4 is 17.6 Å². The highest BCUT2D eigenvalue weighted by Gasteiger charge is 2.21. The van der Waals surface area contributed by atoms with Gasteiger partial charge in [0.1, 0.15) is 0 Å². The second kappa shape index (κ2) is 7.64. The molecule has 1 aromatic carbocycles. The summed E-state index contributed by atoms with van der Waals surface area (Å²) < 4.78 is 0. The first kappa shape index (κ1) is 16.1. The normalized spacial score (nSPS) is 17.6. The Hall–Kier alpha value is -1.30. The van der Waals surface area contributed by atoms with Crippen molar-refractivity contribution < 1.29 is 9.90 Å². The van der Waals surface area contributed by atoms with Crippen LogP contribution in [0.15, 0.2) is 24.3 Å². The van der Waals surface area contributed by atoms with Crippen LogP contribution in [0.2, 0.25) is 5.02 Å². The van der Waals surface area contributed by atoms with Crippen molar-refractivity contribution in [1.82, 2.24) is 15.1 Å². The van der Waals surface area contributed by atoms with E-state index in [2.05, 4.69) is 10.2 Å². The molecule has 116 valence electrons. The Kier molecular flexibility index (Phi) is 5.85. The van der Waals surface area contributed by atoms with Crippen molar-refractivity contribution in [3.05, 3.63) is 34.9 Å². The van der Waals surface area contributed by atoms with Gasteiger partial charge in [-0.25, -0.2) is 4.79 Å². The number of carbonyl (C=O) groups excluding carboxylic acids is 1. The number of β-amino-alcohol motifs (C(OH)–C–C–N with tert-alkyl or cyclic N) is 1. The number of nitrogens with zero attached hydrogens (tertiary/aromatic N) is 2. The number of hydrogen-bond acceptors (Lipinski definition) is 3. The van der Waals surface area contributed by atoms with E-state index in [1.807, 2.05) is 29.2 Å². The molecule has 0 bridgehead atoms. The monoisotopic (exact) mass is 311 g/mol. The summed E-state index contributed by atoms with van der Waals surface area (Å²) in [6.07, 6.45) is -0.324. The summed E-state index contributed by atoms with van der Waals surface area (Å²) in [5.74, 6) is 0. The van der Waals surface area contributed by atoms with Crippen LogP contribution in [-0.2, 0) is 6.54 Å². The Morgan fingerprint density at radius 2 is 1.90 bits per heavy atom. The molecule has 1 aromatic rings. The summed E-state index contributed by atoms with van der Waals surface area (Å²) in [7, 11) is 0. The number of benzene rings is 1. The zero-order valence-corrected chi connectivity index (χ0v) is 13.0. The van der Waals surface area contributed by atoms with E-state index in [1.165, 1.54) is 0 Å². The van der Waals surface area contributed by atoms with Gasteiger partial charge >= 0.3 is 6.03 Å². The van der Waals surface area contributed by atoms with Gasteiger partial charge in [-0.1, -0.05) is 23.7 Å². The molecule has 2 N–H and O–H groups in total. The van der Waals surface area contributed by atoms with E-state index in [0.29, 0.717) is 31.2 Å². The Balaban J connectivity index is 1.73. The number of carbonyl (C=O) groups is 1. The van der Waals surface area contributed by atoms with Gasteiger partial charge in [0.2, 0.25) is 0 Å². The lowest BCUT2D eigenvalue weighted by molar-refractivity contribution is 0.0897. The average Bonchev–Trinajstić information content (AvgIpc) is 2.46. The molecule has 0 radical (unpaired) electrons. The van der Waals surface area contributed by atoms with Crippen LogP contribution in [-0.4, -0.2) is 59.8 Å². The number of halogens is 1. The fourth-order valence-electron chi connectivity index (χ4n) is 2.40. The minimum atomic E-state index is -0.324. The van der Waals surface area contributed by atoms with Crippen molar-refractivity contribution in [1.29, 1.82) is 0 Å². The van der Waals surface area contributed by atoms with E-state index in [9.17, 15) is 9.90 Å². The van der Waals surface area contributed by atoms with E-state index in [1.54, 1.807) is 6.92 Å². The maximum atomic E-state index is 12.1. The molecule has 1 aliphatic rings. The number of urea groups is 1. The minimum Gasteiger partial charge on any atom is -0.392 e. The molecular formula is C15H22ClN3O2. The summed E-state index contributed by atoms with van der Waals surface area (Å²) in [5, 5.41) is 13.0. The van der Waals surface area contributed by atoms with Gasteiger partial charge < -0.3 is 15.3 Å². The molecule has 2 amide bonds. The molecule has 0 spiro atoms. The summed E-state index contributed by atoms with van der Waals surface area (Å²) in [5.41, 5.74) is 1.03. The quantitative estimate of drug-likeness (QED) is 0.887. The van der Waals surface area contributed by atoms with E-state index in [4.69, 9.17) is 11.6 Å². The molecule has 6 heteroatoms. The Morgan fingerprint density at radius 3 is 2.48 bits per heavy atom. The van der Waals surface area contributed by atoms with Gasteiger partial charge in [-0.2, -0.15) is 0 Å². The molecular weight excluding hydrogens is 290 g/mol. The first-order valence-corrected chi connectivity index (χ1v) is 7.60. The maximum Gasteiger partial charge on any atom is 0.317 e. The van der Waals surface area contributed by atoms with Gasteiger partial charge in [0.25, 0.3) is 0 Å². The number of aliphatic hydroxyl groups excluding tert-OH is 1. The molecule has 1 atom stereocenters. The van der Waals surface area contributed by atoms with Gasteiger partial charge in [0.15, 0.2) is 0 Å². The SMILES string of the molecule is CC(O)CN1CCN(C(=O)NCc2ccc(Cl)cc2)CC1. The van der Waals surface area contributed by atoms with Crippen LogP contribution < -0.4 is 5.32 Å². The van der Waals surface area contributed by atoms with Crippen LogP contribution in [0.4, 0.5) is 4.79 Å². The average molecular weight is 312 g/mol. The van der Waals surface area contributed by atoms with Crippen LogP contribution in [0.3, 0.4) is 0 Å². The van der Waals surface area contributed by atoms with Crippen LogP contribution in [0.1, 0.15) is 12.5 Å². The Bertz CT molecular complexity index is 456. The standard InChI is InChI=1S/C15H22ClN3O2/c1-12(20)11-18-6-8-19(9-7-18)15(21)17-10-13-2-4-14(16)5-3-13/h2-5,12,20H,6-11H2,1H3,(H,17,21). The van der Waals surface area contributed by atoms with E-state index in [0.717, 1.165) is 18.7 Å². The van der Waals surface area contributed by atoms with E-state index < -0.39 is 0 Å². The second-order valence-corrected chi connectivity index (χ2v) is 5.86. The maximum absolute atomic E-state index is 12.1. The molecule has 1 saturated heterocycles. The molecule has 5 nitrogen and oxygen atoms in total. The lowest BCUT2D eigenvalue weighted by Crippen LogP contribution is -2.52. The third-order valence-corrected chi connectivity index (χ3v) is 3.79. The smallest absolute Gasteiger partial charge is 0.317 e. The largest absolute Gasteiger partial charge is 0.392 e.